The van der Waals surface area contributed by atoms with Gasteiger partial charge in [0.05, 0.1) is 0 Å². The molecule has 1 aliphatic heterocycles. The number of amides is 1. The van der Waals surface area contributed by atoms with Gasteiger partial charge in [0.1, 0.15) is 11.5 Å². The average Bonchev–Trinajstić information content (AvgIpc) is 2.44. The highest BCUT2D eigenvalue weighted by molar-refractivity contribution is 5.95. The van der Waals surface area contributed by atoms with Crippen LogP contribution in [0.4, 0.5) is 0 Å². The van der Waals surface area contributed by atoms with Crippen LogP contribution in [0.25, 0.3) is 0 Å². The number of carbonyl (C=O) groups excluding carboxylic acids is 1. The van der Waals surface area contributed by atoms with Crippen LogP contribution in [0.2, 0.25) is 0 Å². The van der Waals surface area contributed by atoms with Crippen molar-refractivity contribution in [1.82, 2.24) is 10.2 Å². The van der Waals surface area contributed by atoms with Crippen molar-refractivity contribution >= 4 is 5.91 Å². The number of nitrogens with zero attached hydrogens (tertiary/aromatic N) is 1. The number of piperidine rings is 1. The minimum atomic E-state index is -0.270. The van der Waals surface area contributed by atoms with Gasteiger partial charge in [-0.05, 0) is 44.9 Å². The first-order chi connectivity index (χ1) is 10.1. The van der Waals surface area contributed by atoms with Crippen molar-refractivity contribution in [1.29, 1.82) is 0 Å². The minimum absolute atomic E-state index is 0.109. The molecule has 5 nitrogen and oxygen atoms in total. The third-order valence-corrected chi connectivity index (χ3v) is 4.01. The summed E-state index contributed by atoms with van der Waals surface area (Å²) in [6.07, 6.45) is 4.74. The Morgan fingerprint density at radius 1 is 1.29 bits per heavy atom. The summed E-state index contributed by atoms with van der Waals surface area (Å²) in [7, 11) is 0. The molecular weight excluding hydrogens is 268 g/mol. The molecule has 0 spiro atoms. The van der Waals surface area contributed by atoms with Crippen molar-refractivity contribution in [2.24, 2.45) is 0 Å². The van der Waals surface area contributed by atoms with Crippen molar-refractivity contribution in [3.05, 3.63) is 23.8 Å². The van der Waals surface area contributed by atoms with Crippen LogP contribution in [0.15, 0.2) is 18.2 Å². The first kappa shape index (κ1) is 15.6. The molecule has 1 saturated heterocycles. The van der Waals surface area contributed by atoms with E-state index in [1.807, 2.05) is 0 Å². The van der Waals surface area contributed by atoms with Gasteiger partial charge in [-0.25, -0.2) is 0 Å². The second kappa shape index (κ2) is 7.31. The van der Waals surface area contributed by atoms with Crippen molar-refractivity contribution in [3.8, 4) is 11.5 Å². The van der Waals surface area contributed by atoms with E-state index in [0.717, 1.165) is 19.5 Å². The maximum atomic E-state index is 11.9. The predicted molar refractivity (Wildman–Crippen MR) is 81.6 cm³/mol. The maximum Gasteiger partial charge on any atom is 0.251 e. The number of phenols is 2. The fraction of sp³-hybridized carbons (Fsp3) is 0.562. The van der Waals surface area contributed by atoms with E-state index < -0.39 is 0 Å². The Kier molecular flexibility index (Phi) is 5.44. The Labute approximate surface area is 125 Å². The molecule has 1 atom stereocenters. The summed E-state index contributed by atoms with van der Waals surface area (Å²) in [5, 5.41) is 21.6. The molecule has 1 heterocycles. The van der Waals surface area contributed by atoms with E-state index in [1.165, 1.54) is 37.5 Å². The molecule has 21 heavy (non-hydrogen) atoms. The van der Waals surface area contributed by atoms with E-state index in [-0.39, 0.29) is 23.0 Å². The molecule has 0 bridgehead atoms. The van der Waals surface area contributed by atoms with Crippen molar-refractivity contribution in [2.45, 2.75) is 38.6 Å². The lowest BCUT2D eigenvalue weighted by molar-refractivity contribution is 0.0948. The highest BCUT2D eigenvalue weighted by atomic mass is 16.3. The number of phenolic OH excluding ortho intramolecular Hbond substituents is 2. The number of aromatic hydroxyl groups is 2. The summed E-state index contributed by atoms with van der Waals surface area (Å²) in [6, 6.07) is 4.54. The Morgan fingerprint density at radius 2 is 2.00 bits per heavy atom. The summed E-state index contributed by atoms with van der Waals surface area (Å²) in [5.74, 6) is -0.488. The van der Waals surface area contributed by atoms with Gasteiger partial charge in [0.15, 0.2) is 0 Å². The lowest BCUT2D eigenvalue weighted by Crippen LogP contribution is -2.39. The molecule has 1 aromatic rings. The van der Waals surface area contributed by atoms with Crippen LogP contribution in [0.1, 0.15) is 43.0 Å². The summed E-state index contributed by atoms with van der Waals surface area (Å²) in [6.45, 7) is 4.99. The zero-order valence-electron chi connectivity index (χ0n) is 12.5. The van der Waals surface area contributed by atoms with E-state index in [2.05, 4.69) is 17.1 Å². The molecule has 1 fully saturated rings. The van der Waals surface area contributed by atoms with E-state index in [1.54, 1.807) is 0 Å². The summed E-state index contributed by atoms with van der Waals surface area (Å²) < 4.78 is 0. The Balaban J connectivity index is 1.74. The molecule has 5 heteroatoms. The molecule has 0 aliphatic carbocycles. The normalized spacial score (nSPS) is 19.4. The topological polar surface area (TPSA) is 72.8 Å². The standard InChI is InChI=1S/C16H24N2O3/c1-12-5-2-3-7-18(12)8-4-6-17-16(21)13-9-14(19)11-15(20)10-13/h9-12,19-20H,2-8H2,1H3,(H,17,21). The van der Waals surface area contributed by atoms with Gasteiger partial charge >= 0.3 is 0 Å². The molecule has 1 unspecified atom stereocenters. The predicted octanol–water partition coefficient (Wildman–Crippen LogP) is 2.09. The van der Waals surface area contributed by atoms with Crippen LogP contribution >= 0.6 is 0 Å². The van der Waals surface area contributed by atoms with Gasteiger partial charge in [0, 0.05) is 30.8 Å². The molecule has 2 rings (SSSR count). The number of nitrogens with one attached hydrogen (secondary N) is 1. The zero-order chi connectivity index (χ0) is 15.2. The Bertz CT molecular complexity index is 470. The summed E-state index contributed by atoms with van der Waals surface area (Å²) >= 11 is 0. The third kappa shape index (κ3) is 4.63. The lowest BCUT2D eigenvalue weighted by Gasteiger charge is -2.33. The highest BCUT2D eigenvalue weighted by Crippen LogP contribution is 2.20. The second-order valence-corrected chi connectivity index (χ2v) is 5.73. The molecule has 116 valence electrons. The molecule has 1 aliphatic rings. The van der Waals surface area contributed by atoms with Gasteiger partial charge in [-0.2, -0.15) is 0 Å². The zero-order valence-corrected chi connectivity index (χ0v) is 12.5. The van der Waals surface area contributed by atoms with Crippen LogP contribution in [-0.4, -0.2) is 46.7 Å². The quantitative estimate of drug-likeness (QED) is 0.727. The number of rotatable bonds is 5. The average molecular weight is 292 g/mol. The molecular formula is C16H24N2O3. The maximum absolute atomic E-state index is 11.9. The van der Waals surface area contributed by atoms with Crippen LogP contribution in [0.5, 0.6) is 11.5 Å². The van der Waals surface area contributed by atoms with Crippen LogP contribution in [0.3, 0.4) is 0 Å². The van der Waals surface area contributed by atoms with Gasteiger partial charge in [0.25, 0.3) is 5.91 Å². The van der Waals surface area contributed by atoms with E-state index in [9.17, 15) is 15.0 Å². The fourth-order valence-electron chi connectivity index (χ4n) is 2.80. The Hall–Kier alpha value is -1.75. The third-order valence-electron chi connectivity index (χ3n) is 4.01. The fourth-order valence-corrected chi connectivity index (χ4v) is 2.80. The van der Waals surface area contributed by atoms with Gasteiger partial charge in [-0.3, -0.25) is 4.79 Å². The molecule has 0 radical (unpaired) electrons. The minimum Gasteiger partial charge on any atom is -0.508 e. The van der Waals surface area contributed by atoms with E-state index >= 15 is 0 Å². The number of hydrogen-bond acceptors (Lipinski definition) is 4. The second-order valence-electron chi connectivity index (χ2n) is 5.73. The van der Waals surface area contributed by atoms with Gasteiger partial charge in [-0.1, -0.05) is 6.42 Å². The van der Waals surface area contributed by atoms with Gasteiger partial charge < -0.3 is 20.4 Å². The first-order valence-corrected chi connectivity index (χ1v) is 7.61. The van der Waals surface area contributed by atoms with Gasteiger partial charge in [0.2, 0.25) is 0 Å². The number of hydrogen-bond donors (Lipinski definition) is 3. The van der Waals surface area contributed by atoms with Crippen LogP contribution < -0.4 is 5.32 Å². The highest BCUT2D eigenvalue weighted by Gasteiger charge is 2.17. The molecule has 0 aromatic heterocycles. The monoisotopic (exact) mass is 292 g/mol. The van der Waals surface area contributed by atoms with Crippen molar-refractivity contribution in [2.75, 3.05) is 19.6 Å². The molecule has 1 amide bonds. The summed E-state index contributed by atoms with van der Waals surface area (Å²) in [4.78, 5) is 14.4. The van der Waals surface area contributed by atoms with Gasteiger partial charge in [-0.15, -0.1) is 0 Å². The number of benzene rings is 1. The lowest BCUT2D eigenvalue weighted by atomic mass is 10.0. The molecule has 1 aromatic carbocycles. The number of likely N-dealkylation sites (tertiary alicyclic amines) is 1. The first-order valence-electron chi connectivity index (χ1n) is 7.61. The summed E-state index contributed by atoms with van der Waals surface area (Å²) in [5.41, 5.74) is 0.277. The van der Waals surface area contributed by atoms with Crippen molar-refractivity contribution < 1.29 is 15.0 Å². The SMILES string of the molecule is CC1CCCCN1CCCNC(=O)c1cc(O)cc(O)c1. The largest absolute Gasteiger partial charge is 0.508 e. The smallest absolute Gasteiger partial charge is 0.251 e. The molecule has 3 N–H and O–H groups in total. The van der Waals surface area contributed by atoms with E-state index in [0.29, 0.717) is 12.6 Å². The number of carbonyl (C=O) groups is 1. The van der Waals surface area contributed by atoms with Crippen molar-refractivity contribution in [3.63, 3.8) is 0 Å². The molecule has 0 saturated carbocycles. The van der Waals surface area contributed by atoms with Crippen LogP contribution in [-0.2, 0) is 0 Å². The Morgan fingerprint density at radius 3 is 2.67 bits per heavy atom. The van der Waals surface area contributed by atoms with E-state index in [4.69, 9.17) is 0 Å². The van der Waals surface area contributed by atoms with Crippen LogP contribution in [0, 0.1) is 0 Å².